The largest absolute Gasteiger partial charge is 0.398 e. The Labute approximate surface area is 83.9 Å². The minimum absolute atomic E-state index is 0.861. The van der Waals surface area contributed by atoms with Gasteiger partial charge in [-0.2, -0.15) is 0 Å². The van der Waals surface area contributed by atoms with Crippen LogP contribution in [-0.4, -0.2) is 22.3 Å². The fourth-order valence-electron chi connectivity index (χ4n) is 1.58. The highest BCUT2D eigenvalue weighted by molar-refractivity contribution is 6.67. The smallest absolute Gasteiger partial charge is 0.337 e. The van der Waals surface area contributed by atoms with E-state index < -0.39 is 8.56 Å². The zero-order valence-electron chi connectivity index (χ0n) is 9.56. The Kier molecular flexibility index (Phi) is 7.61. The molecule has 0 amide bonds. The second-order valence-corrected chi connectivity index (χ2v) is 6.98. The van der Waals surface area contributed by atoms with Gasteiger partial charge in [-0.3, -0.25) is 0 Å². The normalized spacial score (nSPS) is 12.0. The Morgan fingerprint density at radius 2 is 1.46 bits per heavy atom. The maximum Gasteiger partial charge on any atom is 0.337 e. The topological polar surface area (TPSA) is 18.5 Å². The van der Waals surface area contributed by atoms with Crippen molar-refractivity contribution in [2.45, 2.75) is 52.1 Å². The molecule has 0 aliphatic heterocycles. The Balaban J connectivity index is 4.07. The molecule has 0 aliphatic rings. The first-order valence-electron chi connectivity index (χ1n) is 5.43. The molecule has 0 saturated heterocycles. The third-order valence-corrected chi connectivity index (χ3v) is 6.20. The van der Waals surface area contributed by atoms with Crippen LogP contribution in [-0.2, 0) is 8.85 Å². The van der Waals surface area contributed by atoms with Gasteiger partial charge < -0.3 is 8.85 Å². The summed E-state index contributed by atoms with van der Waals surface area (Å²) in [5.74, 6) is 0. The van der Waals surface area contributed by atoms with Crippen molar-refractivity contribution < 1.29 is 8.85 Å². The van der Waals surface area contributed by atoms with Gasteiger partial charge in [0.2, 0.25) is 0 Å². The lowest BCUT2D eigenvalue weighted by molar-refractivity contribution is 0.197. The van der Waals surface area contributed by atoms with Gasteiger partial charge in [0.15, 0.2) is 0 Å². The van der Waals surface area contributed by atoms with Crippen LogP contribution in [0.25, 0.3) is 0 Å². The average molecular weight is 204 g/mol. The Hall–Kier alpha value is 0.137. The van der Waals surface area contributed by atoms with Crippen molar-refractivity contribution in [3.05, 3.63) is 0 Å². The summed E-state index contributed by atoms with van der Waals surface area (Å²) in [6.45, 7) is 7.41. The van der Waals surface area contributed by atoms with Crippen LogP contribution in [0.15, 0.2) is 0 Å². The first-order chi connectivity index (χ1) is 6.24. The fraction of sp³-hybridized carbons (Fsp3) is 1.00. The summed E-state index contributed by atoms with van der Waals surface area (Å²) in [5, 5.41) is 0. The van der Waals surface area contributed by atoms with Gasteiger partial charge in [0, 0.05) is 13.7 Å². The van der Waals surface area contributed by atoms with E-state index >= 15 is 0 Å². The van der Waals surface area contributed by atoms with E-state index in [1.165, 1.54) is 12.8 Å². The minimum Gasteiger partial charge on any atom is -0.398 e. The van der Waals surface area contributed by atoms with Gasteiger partial charge in [-0.1, -0.05) is 33.6 Å². The molecule has 80 valence electrons. The van der Waals surface area contributed by atoms with E-state index in [-0.39, 0.29) is 0 Å². The molecule has 0 bridgehead atoms. The molecule has 0 aromatic rings. The molecule has 3 heteroatoms. The summed E-state index contributed by atoms with van der Waals surface area (Å²) in [5.41, 5.74) is 0. The van der Waals surface area contributed by atoms with Crippen LogP contribution >= 0.6 is 0 Å². The van der Waals surface area contributed by atoms with Gasteiger partial charge in [-0.15, -0.1) is 0 Å². The summed E-state index contributed by atoms with van der Waals surface area (Å²) < 4.78 is 11.6. The van der Waals surface area contributed by atoms with Crippen LogP contribution in [0.3, 0.4) is 0 Å². The third kappa shape index (κ3) is 4.79. The van der Waals surface area contributed by atoms with Crippen molar-refractivity contribution in [3.8, 4) is 0 Å². The van der Waals surface area contributed by atoms with Crippen LogP contribution in [0.1, 0.15) is 40.0 Å². The summed E-state index contributed by atoms with van der Waals surface area (Å²) in [7, 11) is 0.0222. The molecule has 0 spiro atoms. The molecule has 0 heterocycles. The molecule has 0 fully saturated rings. The molecule has 0 rings (SSSR count). The molecular weight excluding hydrogens is 180 g/mol. The average Bonchev–Trinajstić information content (AvgIpc) is 2.15. The van der Waals surface area contributed by atoms with E-state index in [1.54, 1.807) is 0 Å². The Bertz CT molecular complexity index is 111. The first kappa shape index (κ1) is 13.1. The molecule has 0 aromatic carbocycles. The highest BCUT2D eigenvalue weighted by Crippen LogP contribution is 2.22. The van der Waals surface area contributed by atoms with Crippen molar-refractivity contribution in [2.24, 2.45) is 0 Å². The molecule has 0 N–H and O–H groups in total. The summed E-state index contributed by atoms with van der Waals surface area (Å²) in [4.78, 5) is 0. The Morgan fingerprint density at radius 1 is 0.923 bits per heavy atom. The van der Waals surface area contributed by atoms with Crippen molar-refractivity contribution in [2.75, 3.05) is 13.7 Å². The van der Waals surface area contributed by atoms with Crippen LogP contribution in [0.4, 0.5) is 0 Å². The maximum absolute atomic E-state index is 5.93. The van der Waals surface area contributed by atoms with Crippen LogP contribution in [0, 0.1) is 0 Å². The van der Waals surface area contributed by atoms with Gasteiger partial charge in [0.05, 0.1) is 0 Å². The van der Waals surface area contributed by atoms with Crippen LogP contribution in [0.2, 0.25) is 12.1 Å². The van der Waals surface area contributed by atoms with Gasteiger partial charge >= 0.3 is 8.56 Å². The standard InChI is InChI=1S/C10H24O2Si/c1-5-8-12-13(11-4,9-6-2)10-7-3/h5-10H2,1-4H3. The minimum atomic E-state index is -1.79. The van der Waals surface area contributed by atoms with Crippen molar-refractivity contribution in [1.29, 1.82) is 0 Å². The predicted molar refractivity (Wildman–Crippen MR) is 59.2 cm³/mol. The van der Waals surface area contributed by atoms with Crippen LogP contribution in [0.5, 0.6) is 0 Å². The number of rotatable bonds is 8. The van der Waals surface area contributed by atoms with Crippen molar-refractivity contribution in [3.63, 3.8) is 0 Å². The van der Waals surface area contributed by atoms with Gasteiger partial charge in [0.1, 0.15) is 0 Å². The summed E-state index contributed by atoms with van der Waals surface area (Å²) >= 11 is 0. The molecule has 13 heavy (non-hydrogen) atoms. The number of hydrogen-bond donors (Lipinski definition) is 0. The summed E-state index contributed by atoms with van der Waals surface area (Å²) in [6.07, 6.45) is 3.43. The van der Waals surface area contributed by atoms with E-state index in [1.807, 2.05) is 7.11 Å². The molecular formula is C10H24O2Si. The molecule has 0 atom stereocenters. The second-order valence-electron chi connectivity index (χ2n) is 3.46. The van der Waals surface area contributed by atoms with E-state index in [9.17, 15) is 0 Å². The molecule has 0 unspecified atom stereocenters. The van der Waals surface area contributed by atoms with E-state index in [2.05, 4.69) is 20.8 Å². The van der Waals surface area contributed by atoms with Gasteiger partial charge in [0.25, 0.3) is 0 Å². The quantitative estimate of drug-likeness (QED) is 0.565. The van der Waals surface area contributed by atoms with Gasteiger partial charge in [-0.05, 0) is 18.5 Å². The third-order valence-electron chi connectivity index (χ3n) is 2.20. The number of hydrogen-bond acceptors (Lipinski definition) is 2. The van der Waals surface area contributed by atoms with Crippen molar-refractivity contribution in [1.82, 2.24) is 0 Å². The maximum atomic E-state index is 5.93. The molecule has 0 saturated carbocycles. The lowest BCUT2D eigenvalue weighted by Crippen LogP contribution is -2.40. The zero-order chi connectivity index (χ0) is 10.2. The molecule has 0 radical (unpaired) electrons. The lowest BCUT2D eigenvalue weighted by Gasteiger charge is -2.28. The highest BCUT2D eigenvalue weighted by atomic mass is 28.4. The second kappa shape index (κ2) is 7.53. The molecule has 0 aliphatic carbocycles. The van der Waals surface area contributed by atoms with E-state index in [0.717, 1.165) is 25.1 Å². The highest BCUT2D eigenvalue weighted by Gasteiger charge is 2.33. The summed E-state index contributed by atoms with van der Waals surface area (Å²) in [6, 6.07) is 2.27. The van der Waals surface area contributed by atoms with Gasteiger partial charge in [-0.25, -0.2) is 0 Å². The van der Waals surface area contributed by atoms with E-state index in [4.69, 9.17) is 8.85 Å². The SMILES string of the molecule is CCCO[Si](CCC)(CCC)OC. The molecule has 2 nitrogen and oxygen atoms in total. The van der Waals surface area contributed by atoms with Crippen LogP contribution < -0.4 is 0 Å². The van der Waals surface area contributed by atoms with E-state index in [0.29, 0.717) is 0 Å². The molecule has 0 aromatic heterocycles. The first-order valence-corrected chi connectivity index (χ1v) is 7.66. The van der Waals surface area contributed by atoms with Crippen molar-refractivity contribution >= 4 is 8.56 Å². The predicted octanol–water partition coefficient (Wildman–Crippen LogP) is 3.32. The Morgan fingerprint density at radius 3 is 1.77 bits per heavy atom. The lowest BCUT2D eigenvalue weighted by atomic mass is 10.5. The monoisotopic (exact) mass is 204 g/mol. The fourth-order valence-corrected chi connectivity index (χ4v) is 4.75. The zero-order valence-corrected chi connectivity index (χ0v) is 10.6.